The predicted molar refractivity (Wildman–Crippen MR) is 120 cm³/mol. The number of aromatic nitrogens is 2. The van der Waals surface area contributed by atoms with Crippen molar-refractivity contribution in [1.29, 1.82) is 0 Å². The number of nitrogens with one attached hydrogen (secondary N) is 3. The third kappa shape index (κ3) is 6.43. The standard InChI is InChI=1S/C22H25N5OS/c1-2-3-7-17-10-12-20(13-11-17)24-22(29)26-25-21(28)19-14-23-27(16-19)15-18-8-5-4-6-9-18/h4-6,8-14,16H,2-3,7,15H2,1H3,(H,25,28)(H2,24,26,29). The van der Waals surface area contributed by atoms with Crippen LogP contribution >= 0.6 is 12.2 Å². The Kier molecular flexibility index (Phi) is 7.35. The predicted octanol–water partition coefficient (Wildman–Crippen LogP) is 3.91. The number of unbranched alkanes of at least 4 members (excludes halogenated alkanes) is 1. The molecule has 3 rings (SSSR count). The Labute approximate surface area is 176 Å². The average molecular weight is 408 g/mol. The lowest BCUT2D eigenvalue weighted by atomic mass is 10.1. The van der Waals surface area contributed by atoms with E-state index in [4.69, 9.17) is 12.2 Å². The molecule has 0 saturated heterocycles. The highest BCUT2D eigenvalue weighted by molar-refractivity contribution is 7.80. The van der Waals surface area contributed by atoms with E-state index in [9.17, 15) is 4.79 Å². The van der Waals surface area contributed by atoms with Gasteiger partial charge in [-0.15, -0.1) is 0 Å². The molecule has 3 N–H and O–H groups in total. The van der Waals surface area contributed by atoms with Crippen molar-refractivity contribution in [2.75, 3.05) is 5.32 Å². The molecule has 1 heterocycles. The first-order chi connectivity index (χ1) is 14.1. The minimum Gasteiger partial charge on any atom is -0.331 e. The van der Waals surface area contributed by atoms with Crippen molar-refractivity contribution in [3.63, 3.8) is 0 Å². The van der Waals surface area contributed by atoms with Crippen molar-refractivity contribution in [1.82, 2.24) is 20.6 Å². The second-order valence-corrected chi connectivity index (χ2v) is 7.15. The highest BCUT2D eigenvalue weighted by atomic mass is 32.1. The van der Waals surface area contributed by atoms with Gasteiger partial charge in [-0.25, -0.2) is 0 Å². The van der Waals surface area contributed by atoms with Crippen LogP contribution in [-0.4, -0.2) is 20.8 Å². The number of nitrogens with zero attached hydrogens (tertiary/aromatic N) is 2. The van der Waals surface area contributed by atoms with Crippen LogP contribution in [0, 0.1) is 0 Å². The van der Waals surface area contributed by atoms with Gasteiger partial charge in [0.15, 0.2) is 5.11 Å². The molecule has 1 aromatic heterocycles. The summed E-state index contributed by atoms with van der Waals surface area (Å²) in [4.78, 5) is 12.3. The summed E-state index contributed by atoms with van der Waals surface area (Å²) in [6.07, 6.45) is 6.67. The molecule has 0 fully saturated rings. The topological polar surface area (TPSA) is 71.0 Å². The van der Waals surface area contributed by atoms with Gasteiger partial charge < -0.3 is 5.32 Å². The average Bonchev–Trinajstić information content (AvgIpc) is 3.21. The van der Waals surface area contributed by atoms with Crippen molar-refractivity contribution >= 4 is 28.9 Å². The first kappa shape index (κ1) is 20.5. The third-order valence-electron chi connectivity index (χ3n) is 4.40. The van der Waals surface area contributed by atoms with Gasteiger partial charge in [0.25, 0.3) is 5.91 Å². The molecule has 0 atom stereocenters. The fourth-order valence-electron chi connectivity index (χ4n) is 2.82. The maximum atomic E-state index is 12.3. The highest BCUT2D eigenvalue weighted by Gasteiger charge is 2.09. The Morgan fingerprint density at radius 1 is 1.03 bits per heavy atom. The van der Waals surface area contributed by atoms with E-state index in [0.29, 0.717) is 17.2 Å². The van der Waals surface area contributed by atoms with Gasteiger partial charge in [0, 0.05) is 11.9 Å². The summed E-state index contributed by atoms with van der Waals surface area (Å²) in [5.41, 5.74) is 9.05. The molecule has 29 heavy (non-hydrogen) atoms. The van der Waals surface area contributed by atoms with Crippen LogP contribution in [-0.2, 0) is 13.0 Å². The molecule has 150 valence electrons. The molecule has 0 unspecified atom stereocenters. The lowest BCUT2D eigenvalue weighted by Crippen LogP contribution is -2.43. The summed E-state index contributed by atoms with van der Waals surface area (Å²) in [6, 6.07) is 18.1. The highest BCUT2D eigenvalue weighted by Crippen LogP contribution is 2.11. The zero-order chi connectivity index (χ0) is 20.5. The second-order valence-electron chi connectivity index (χ2n) is 6.75. The minimum atomic E-state index is -0.302. The summed E-state index contributed by atoms with van der Waals surface area (Å²) in [5, 5.41) is 7.61. The molecule has 0 spiro atoms. The zero-order valence-electron chi connectivity index (χ0n) is 16.4. The number of carbonyl (C=O) groups excluding carboxylic acids is 1. The monoisotopic (exact) mass is 407 g/mol. The quantitative estimate of drug-likeness (QED) is 0.409. The first-order valence-electron chi connectivity index (χ1n) is 9.66. The van der Waals surface area contributed by atoms with Crippen LogP contribution in [0.4, 0.5) is 5.69 Å². The Morgan fingerprint density at radius 2 is 1.79 bits per heavy atom. The van der Waals surface area contributed by atoms with Gasteiger partial charge in [0.1, 0.15) is 0 Å². The first-order valence-corrected chi connectivity index (χ1v) is 10.1. The lowest BCUT2D eigenvalue weighted by Gasteiger charge is -2.11. The van der Waals surface area contributed by atoms with E-state index in [0.717, 1.165) is 17.7 Å². The van der Waals surface area contributed by atoms with E-state index in [2.05, 4.69) is 40.3 Å². The van der Waals surface area contributed by atoms with Crippen molar-refractivity contribution in [2.45, 2.75) is 32.7 Å². The summed E-state index contributed by atoms with van der Waals surface area (Å²) in [7, 11) is 0. The molecular formula is C22H25N5OS. The number of benzene rings is 2. The number of hydrogen-bond donors (Lipinski definition) is 3. The van der Waals surface area contributed by atoms with E-state index in [1.807, 2.05) is 42.5 Å². The summed E-state index contributed by atoms with van der Waals surface area (Å²) >= 11 is 5.24. The number of rotatable bonds is 7. The lowest BCUT2D eigenvalue weighted by molar-refractivity contribution is 0.0944. The zero-order valence-corrected chi connectivity index (χ0v) is 17.2. The Balaban J connectivity index is 1.46. The van der Waals surface area contributed by atoms with Gasteiger partial charge in [0.05, 0.1) is 18.3 Å². The minimum absolute atomic E-state index is 0.302. The van der Waals surface area contributed by atoms with Crippen LogP contribution in [0.1, 0.15) is 41.3 Å². The van der Waals surface area contributed by atoms with E-state index >= 15 is 0 Å². The molecule has 0 radical (unpaired) electrons. The summed E-state index contributed by atoms with van der Waals surface area (Å²) in [5.74, 6) is -0.302. The molecule has 2 aromatic carbocycles. The number of anilines is 1. The Hall–Kier alpha value is -3.19. The number of amides is 1. The van der Waals surface area contributed by atoms with E-state index in [1.165, 1.54) is 24.6 Å². The summed E-state index contributed by atoms with van der Waals surface area (Å²) < 4.78 is 1.72. The smallest absolute Gasteiger partial charge is 0.272 e. The van der Waals surface area contributed by atoms with Gasteiger partial charge in [-0.1, -0.05) is 55.8 Å². The van der Waals surface area contributed by atoms with Crippen LogP contribution in [0.25, 0.3) is 0 Å². The second kappa shape index (κ2) is 10.4. The van der Waals surface area contributed by atoms with Crippen LogP contribution in [0.3, 0.4) is 0 Å². The molecule has 0 aliphatic heterocycles. The van der Waals surface area contributed by atoms with Crippen molar-refractivity contribution in [3.8, 4) is 0 Å². The fourth-order valence-corrected chi connectivity index (χ4v) is 2.99. The Bertz CT molecular complexity index is 937. The van der Waals surface area contributed by atoms with Crippen LogP contribution in [0.5, 0.6) is 0 Å². The molecule has 0 bridgehead atoms. The van der Waals surface area contributed by atoms with Gasteiger partial charge in [0.2, 0.25) is 0 Å². The number of carbonyl (C=O) groups is 1. The molecular weight excluding hydrogens is 382 g/mol. The number of aryl methyl sites for hydroxylation is 1. The maximum absolute atomic E-state index is 12.3. The molecule has 1 amide bonds. The van der Waals surface area contributed by atoms with Crippen molar-refractivity contribution in [2.24, 2.45) is 0 Å². The van der Waals surface area contributed by atoms with Crippen molar-refractivity contribution in [3.05, 3.63) is 83.7 Å². The van der Waals surface area contributed by atoms with Crippen molar-refractivity contribution < 1.29 is 4.79 Å². The SMILES string of the molecule is CCCCc1ccc(NC(=S)NNC(=O)c2cnn(Cc3ccccc3)c2)cc1. The van der Waals surface area contributed by atoms with E-state index < -0.39 is 0 Å². The molecule has 7 heteroatoms. The van der Waals surface area contributed by atoms with Gasteiger partial charge >= 0.3 is 0 Å². The number of hydrogen-bond acceptors (Lipinski definition) is 3. The number of thiocarbonyl (C=S) groups is 1. The summed E-state index contributed by atoms with van der Waals surface area (Å²) in [6.45, 7) is 2.79. The normalized spacial score (nSPS) is 10.4. The fraction of sp³-hybridized carbons (Fsp3) is 0.227. The Morgan fingerprint density at radius 3 is 2.52 bits per heavy atom. The molecule has 0 aliphatic carbocycles. The maximum Gasteiger partial charge on any atom is 0.272 e. The third-order valence-corrected chi connectivity index (χ3v) is 4.61. The van der Waals surface area contributed by atoms with Gasteiger partial charge in [-0.05, 0) is 48.3 Å². The van der Waals surface area contributed by atoms with Crippen LogP contribution < -0.4 is 16.2 Å². The number of hydrazine groups is 1. The van der Waals surface area contributed by atoms with Crippen LogP contribution in [0.2, 0.25) is 0 Å². The van der Waals surface area contributed by atoms with Crippen LogP contribution in [0.15, 0.2) is 67.0 Å². The van der Waals surface area contributed by atoms with E-state index in [1.54, 1.807) is 10.9 Å². The van der Waals surface area contributed by atoms with E-state index in [-0.39, 0.29) is 5.91 Å². The molecule has 3 aromatic rings. The van der Waals surface area contributed by atoms with Gasteiger partial charge in [-0.3, -0.25) is 20.3 Å². The molecule has 0 aliphatic rings. The molecule has 6 nitrogen and oxygen atoms in total. The molecule has 0 saturated carbocycles. The van der Waals surface area contributed by atoms with Gasteiger partial charge in [-0.2, -0.15) is 5.10 Å². The largest absolute Gasteiger partial charge is 0.331 e.